The summed E-state index contributed by atoms with van der Waals surface area (Å²) in [6.07, 6.45) is -2.32. The number of carbonyl (C=O) groups excluding carboxylic acids is 1. The second kappa shape index (κ2) is 4.54. The van der Waals surface area contributed by atoms with Crippen molar-refractivity contribution in [1.82, 2.24) is 4.90 Å². The van der Waals surface area contributed by atoms with E-state index in [4.69, 9.17) is 5.11 Å². The third-order valence-electron chi connectivity index (χ3n) is 1.88. The molecule has 0 saturated heterocycles. The smallest absolute Gasteiger partial charge is 0.359 e. The highest BCUT2D eigenvalue weighted by atomic mass is 19.1. The number of carboxylic acid groups (broad SMARTS) is 1. The standard InChI is InChI=1S/C10H10FNO3/c1-12(8(11)10(14)15)9(13)7-5-3-2-4-6-7/h2-6,8H,1H3,(H,14,15). The first-order valence-corrected chi connectivity index (χ1v) is 4.23. The summed E-state index contributed by atoms with van der Waals surface area (Å²) in [5, 5.41) is 8.38. The van der Waals surface area contributed by atoms with Gasteiger partial charge in [0, 0.05) is 12.6 Å². The maximum atomic E-state index is 13.0. The first-order valence-electron chi connectivity index (χ1n) is 4.23. The zero-order valence-corrected chi connectivity index (χ0v) is 8.05. The predicted molar refractivity (Wildman–Crippen MR) is 51.1 cm³/mol. The molecule has 15 heavy (non-hydrogen) atoms. The van der Waals surface area contributed by atoms with Crippen LogP contribution < -0.4 is 0 Å². The number of benzene rings is 1. The minimum Gasteiger partial charge on any atom is -0.478 e. The molecule has 0 bridgehead atoms. The molecule has 5 heteroatoms. The van der Waals surface area contributed by atoms with E-state index in [1.54, 1.807) is 18.2 Å². The van der Waals surface area contributed by atoms with Crippen LogP contribution in [0.5, 0.6) is 0 Å². The van der Waals surface area contributed by atoms with Gasteiger partial charge >= 0.3 is 5.97 Å². The summed E-state index contributed by atoms with van der Waals surface area (Å²) in [6, 6.07) is 7.94. The molecule has 1 amide bonds. The van der Waals surface area contributed by atoms with Gasteiger partial charge < -0.3 is 10.0 Å². The SMILES string of the molecule is CN(C(=O)c1ccccc1)C(F)C(=O)O. The number of rotatable bonds is 3. The molecule has 0 aliphatic carbocycles. The molecule has 0 aliphatic rings. The van der Waals surface area contributed by atoms with Crippen molar-refractivity contribution in [1.29, 1.82) is 0 Å². The monoisotopic (exact) mass is 211 g/mol. The minimum atomic E-state index is -2.32. The van der Waals surface area contributed by atoms with Crippen LogP contribution in [-0.4, -0.2) is 35.2 Å². The van der Waals surface area contributed by atoms with Gasteiger partial charge in [0.2, 0.25) is 0 Å². The Kier molecular flexibility index (Phi) is 3.38. The Bertz CT molecular complexity index is 366. The molecule has 0 fully saturated rings. The van der Waals surface area contributed by atoms with Crippen LogP contribution in [0.15, 0.2) is 30.3 Å². The Labute approximate surface area is 85.9 Å². The maximum absolute atomic E-state index is 13.0. The highest BCUT2D eigenvalue weighted by Crippen LogP contribution is 2.07. The highest BCUT2D eigenvalue weighted by molar-refractivity contribution is 5.96. The van der Waals surface area contributed by atoms with Gasteiger partial charge in [-0.2, -0.15) is 0 Å². The number of nitrogens with zero attached hydrogens (tertiary/aromatic N) is 1. The first-order chi connectivity index (χ1) is 7.04. The van der Waals surface area contributed by atoms with Crippen LogP contribution in [0, 0.1) is 0 Å². The van der Waals surface area contributed by atoms with Crippen LogP contribution in [0.3, 0.4) is 0 Å². The van der Waals surface area contributed by atoms with Crippen LogP contribution in [-0.2, 0) is 4.79 Å². The molecule has 0 heterocycles. The lowest BCUT2D eigenvalue weighted by Gasteiger charge is -2.18. The van der Waals surface area contributed by atoms with Crippen LogP contribution in [0.1, 0.15) is 10.4 Å². The molecule has 0 aromatic heterocycles. The van der Waals surface area contributed by atoms with E-state index in [0.717, 1.165) is 7.05 Å². The number of halogens is 1. The average Bonchev–Trinajstić information content (AvgIpc) is 2.27. The van der Waals surface area contributed by atoms with E-state index in [9.17, 15) is 14.0 Å². The fourth-order valence-electron chi connectivity index (χ4n) is 1.05. The number of aliphatic carboxylic acids is 1. The van der Waals surface area contributed by atoms with Gasteiger partial charge in [0.15, 0.2) is 0 Å². The third-order valence-corrected chi connectivity index (χ3v) is 1.88. The summed E-state index contributed by atoms with van der Waals surface area (Å²) < 4.78 is 13.0. The summed E-state index contributed by atoms with van der Waals surface area (Å²) >= 11 is 0. The number of carboxylic acids is 1. The van der Waals surface area contributed by atoms with Crippen molar-refractivity contribution in [3.63, 3.8) is 0 Å². The van der Waals surface area contributed by atoms with E-state index in [2.05, 4.69) is 0 Å². The van der Waals surface area contributed by atoms with Gasteiger partial charge in [0.1, 0.15) is 0 Å². The Morgan fingerprint density at radius 2 is 1.87 bits per heavy atom. The molecule has 1 aromatic carbocycles. The van der Waals surface area contributed by atoms with Crippen molar-refractivity contribution < 1.29 is 19.1 Å². The van der Waals surface area contributed by atoms with Crippen molar-refractivity contribution in [2.24, 2.45) is 0 Å². The van der Waals surface area contributed by atoms with Crippen molar-refractivity contribution >= 4 is 11.9 Å². The molecule has 80 valence electrons. The van der Waals surface area contributed by atoms with E-state index >= 15 is 0 Å². The Hall–Kier alpha value is -1.91. The predicted octanol–water partition coefficient (Wildman–Crippen LogP) is 1.14. The quantitative estimate of drug-likeness (QED) is 0.762. The van der Waals surface area contributed by atoms with Crippen molar-refractivity contribution in [2.75, 3.05) is 7.05 Å². The Balaban J connectivity index is 2.82. The minimum absolute atomic E-state index is 0.254. The maximum Gasteiger partial charge on any atom is 0.359 e. The molecular formula is C10H10FNO3. The fourth-order valence-corrected chi connectivity index (χ4v) is 1.05. The molecule has 1 rings (SSSR count). The van der Waals surface area contributed by atoms with E-state index < -0.39 is 18.2 Å². The summed E-state index contributed by atoms with van der Waals surface area (Å²) in [5.74, 6) is -2.34. The molecular weight excluding hydrogens is 201 g/mol. The van der Waals surface area contributed by atoms with Crippen LogP contribution in [0.4, 0.5) is 4.39 Å². The van der Waals surface area contributed by atoms with Crippen molar-refractivity contribution in [3.8, 4) is 0 Å². The van der Waals surface area contributed by atoms with Gasteiger partial charge in [-0.25, -0.2) is 9.18 Å². The lowest BCUT2D eigenvalue weighted by Crippen LogP contribution is -2.39. The van der Waals surface area contributed by atoms with Gasteiger partial charge in [-0.15, -0.1) is 0 Å². The topological polar surface area (TPSA) is 57.6 Å². The average molecular weight is 211 g/mol. The normalized spacial score (nSPS) is 11.9. The summed E-state index contributed by atoms with van der Waals surface area (Å²) in [5.41, 5.74) is 0.254. The third kappa shape index (κ3) is 2.52. The zero-order chi connectivity index (χ0) is 11.4. The lowest BCUT2D eigenvalue weighted by molar-refractivity contribution is -0.148. The number of amides is 1. The zero-order valence-electron chi connectivity index (χ0n) is 8.05. The van der Waals surface area contributed by atoms with E-state index in [-0.39, 0.29) is 5.56 Å². The number of alkyl halides is 1. The molecule has 4 nitrogen and oxygen atoms in total. The molecule has 1 aromatic rings. The van der Waals surface area contributed by atoms with Gasteiger partial charge in [0.05, 0.1) is 0 Å². The molecule has 1 N–H and O–H groups in total. The van der Waals surface area contributed by atoms with Crippen LogP contribution in [0.25, 0.3) is 0 Å². The molecule has 0 radical (unpaired) electrons. The van der Waals surface area contributed by atoms with Gasteiger partial charge in [0.25, 0.3) is 12.2 Å². The van der Waals surface area contributed by atoms with E-state index in [0.29, 0.717) is 4.90 Å². The fraction of sp³-hybridized carbons (Fsp3) is 0.200. The van der Waals surface area contributed by atoms with Crippen LogP contribution >= 0.6 is 0 Å². The number of hydrogen-bond acceptors (Lipinski definition) is 2. The molecule has 0 spiro atoms. The van der Waals surface area contributed by atoms with Gasteiger partial charge in [-0.1, -0.05) is 18.2 Å². The number of likely N-dealkylation sites (N-methyl/N-ethyl adjacent to an activating group) is 1. The number of carbonyl (C=O) groups is 2. The second-order valence-electron chi connectivity index (χ2n) is 2.96. The lowest BCUT2D eigenvalue weighted by atomic mass is 10.2. The molecule has 0 aliphatic heterocycles. The molecule has 1 atom stereocenters. The molecule has 0 saturated carbocycles. The summed E-state index contributed by atoms with van der Waals surface area (Å²) in [7, 11) is 1.11. The molecule has 1 unspecified atom stereocenters. The number of hydrogen-bond donors (Lipinski definition) is 1. The highest BCUT2D eigenvalue weighted by Gasteiger charge is 2.26. The van der Waals surface area contributed by atoms with Gasteiger partial charge in [-0.05, 0) is 12.1 Å². The van der Waals surface area contributed by atoms with Gasteiger partial charge in [-0.3, -0.25) is 4.79 Å². The van der Waals surface area contributed by atoms with Crippen molar-refractivity contribution in [2.45, 2.75) is 6.30 Å². The van der Waals surface area contributed by atoms with E-state index in [1.807, 2.05) is 0 Å². The van der Waals surface area contributed by atoms with E-state index in [1.165, 1.54) is 12.1 Å². The first kappa shape index (κ1) is 11.2. The van der Waals surface area contributed by atoms with Crippen molar-refractivity contribution in [3.05, 3.63) is 35.9 Å². The summed E-state index contributed by atoms with van der Waals surface area (Å²) in [4.78, 5) is 22.4. The largest absolute Gasteiger partial charge is 0.478 e. The Morgan fingerprint density at radius 1 is 1.33 bits per heavy atom. The second-order valence-corrected chi connectivity index (χ2v) is 2.96. The van der Waals surface area contributed by atoms with Crippen LogP contribution in [0.2, 0.25) is 0 Å². The summed E-state index contributed by atoms with van der Waals surface area (Å²) in [6.45, 7) is 0. The Morgan fingerprint density at radius 3 is 2.33 bits per heavy atom.